The van der Waals surface area contributed by atoms with Gasteiger partial charge in [-0.15, -0.1) is 0 Å². The quantitative estimate of drug-likeness (QED) is 0.922. The van der Waals surface area contributed by atoms with Gasteiger partial charge in [0, 0.05) is 26.0 Å². The first-order chi connectivity index (χ1) is 10.0. The Bertz CT molecular complexity index is 729. The van der Waals surface area contributed by atoms with Crippen molar-refractivity contribution in [2.75, 3.05) is 23.2 Å². The van der Waals surface area contributed by atoms with Crippen molar-refractivity contribution < 1.29 is 8.42 Å². The number of anilines is 2. The number of aromatic nitrogens is 1. The van der Waals surface area contributed by atoms with Crippen molar-refractivity contribution in [2.45, 2.75) is 18.7 Å². The molecular weight excluding hydrogens is 286 g/mol. The van der Waals surface area contributed by atoms with Gasteiger partial charge in [0.2, 0.25) is 0 Å². The lowest BCUT2D eigenvalue weighted by molar-refractivity contribution is 0.591. The minimum Gasteiger partial charge on any atom is -0.387 e. The van der Waals surface area contributed by atoms with Gasteiger partial charge < -0.3 is 5.32 Å². The van der Waals surface area contributed by atoms with Crippen molar-refractivity contribution in [3.63, 3.8) is 0 Å². The lowest BCUT2D eigenvalue weighted by Gasteiger charge is -2.25. The molecule has 0 atom stereocenters. The monoisotopic (exact) mass is 305 g/mol. The third kappa shape index (κ3) is 2.85. The van der Waals surface area contributed by atoms with E-state index in [9.17, 15) is 8.42 Å². The number of para-hydroxylation sites is 1. The number of aryl methyl sites for hydroxylation is 1. The van der Waals surface area contributed by atoms with Crippen LogP contribution in [-0.2, 0) is 10.0 Å². The van der Waals surface area contributed by atoms with E-state index in [4.69, 9.17) is 0 Å². The Balaban J connectivity index is 2.58. The molecule has 1 N–H and O–H groups in total. The molecule has 0 unspecified atom stereocenters. The van der Waals surface area contributed by atoms with Crippen molar-refractivity contribution in [1.29, 1.82) is 0 Å². The normalized spacial score (nSPS) is 11.2. The Morgan fingerprint density at radius 2 is 1.95 bits per heavy atom. The van der Waals surface area contributed by atoms with Crippen molar-refractivity contribution in [3.05, 3.63) is 48.3 Å². The average molecular weight is 305 g/mol. The summed E-state index contributed by atoms with van der Waals surface area (Å²) in [5, 5.41) is 2.90. The molecule has 112 valence electrons. The highest BCUT2D eigenvalue weighted by atomic mass is 32.2. The fourth-order valence-corrected chi connectivity index (χ4v) is 3.91. The second-order valence-corrected chi connectivity index (χ2v) is 6.41. The maximum absolute atomic E-state index is 12.9. The van der Waals surface area contributed by atoms with E-state index >= 15 is 0 Å². The highest BCUT2D eigenvalue weighted by Gasteiger charge is 2.27. The molecule has 1 heterocycles. The Morgan fingerprint density at radius 3 is 2.57 bits per heavy atom. The molecule has 0 aliphatic rings. The van der Waals surface area contributed by atoms with Gasteiger partial charge >= 0.3 is 0 Å². The summed E-state index contributed by atoms with van der Waals surface area (Å²) in [6.45, 7) is 4.07. The van der Waals surface area contributed by atoms with Gasteiger partial charge in [0.25, 0.3) is 10.0 Å². The molecule has 21 heavy (non-hydrogen) atoms. The molecule has 1 aromatic heterocycles. The molecule has 1 aromatic carbocycles. The Morgan fingerprint density at radius 1 is 1.24 bits per heavy atom. The smallest absolute Gasteiger partial charge is 0.267 e. The zero-order chi connectivity index (χ0) is 15.5. The van der Waals surface area contributed by atoms with Crippen LogP contribution in [0, 0.1) is 6.92 Å². The zero-order valence-electron chi connectivity index (χ0n) is 12.4. The molecule has 0 bridgehead atoms. The molecule has 6 heteroatoms. The first-order valence-electron chi connectivity index (χ1n) is 6.72. The highest BCUT2D eigenvalue weighted by molar-refractivity contribution is 7.93. The molecule has 5 nitrogen and oxygen atoms in total. The fraction of sp³-hybridized carbons (Fsp3) is 0.267. The van der Waals surface area contributed by atoms with Gasteiger partial charge in [0.05, 0.1) is 11.4 Å². The van der Waals surface area contributed by atoms with Gasteiger partial charge in [-0.05, 0) is 31.5 Å². The predicted molar refractivity (Wildman–Crippen MR) is 85.2 cm³/mol. The summed E-state index contributed by atoms with van der Waals surface area (Å²) in [4.78, 5) is 4.12. The number of pyridine rings is 1. The van der Waals surface area contributed by atoms with Crippen molar-refractivity contribution in [3.8, 4) is 0 Å². The summed E-state index contributed by atoms with van der Waals surface area (Å²) < 4.78 is 27.3. The summed E-state index contributed by atoms with van der Waals surface area (Å²) in [5.74, 6) is 0. The van der Waals surface area contributed by atoms with Crippen molar-refractivity contribution in [2.24, 2.45) is 0 Å². The summed E-state index contributed by atoms with van der Waals surface area (Å²) in [6, 6.07) is 9.09. The van der Waals surface area contributed by atoms with E-state index in [1.807, 2.05) is 38.1 Å². The van der Waals surface area contributed by atoms with Crippen LogP contribution in [0.5, 0.6) is 0 Å². The standard InChI is InChI=1S/C15H19N3O2S/c1-4-18(14-8-6-5-7-12(14)2)21(19,20)15-11-17-10-9-13(15)16-3/h5-11H,4H2,1-3H3,(H,16,17). The van der Waals surface area contributed by atoms with Crippen LogP contribution in [-0.4, -0.2) is 27.0 Å². The van der Waals surface area contributed by atoms with E-state index in [0.29, 0.717) is 17.9 Å². The minimum atomic E-state index is -3.66. The molecule has 0 radical (unpaired) electrons. The van der Waals surface area contributed by atoms with Crippen LogP contribution in [0.3, 0.4) is 0 Å². The van der Waals surface area contributed by atoms with E-state index in [0.717, 1.165) is 5.56 Å². The molecule has 2 aromatic rings. The van der Waals surface area contributed by atoms with Crippen molar-refractivity contribution in [1.82, 2.24) is 4.98 Å². The summed E-state index contributed by atoms with van der Waals surface area (Å²) in [7, 11) is -1.97. The lowest BCUT2D eigenvalue weighted by atomic mass is 10.2. The Labute approximate surface area is 125 Å². The number of sulfonamides is 1. The van der Waals surface area contributed by atoms with E-state index < -0.39 is 10.0 Å². The predicted octanol–water partition coefficient (Wildman–Crippen LogP) is 2.65. The van der Waals surface area contributed by atoms with E-state index in [1.165, 1.54) is 10.5 Å². The third-order valence-electron chi connectivity index (χ3n) is 3.29. The second-order valence-electron chi connectivity index (χ2n) is 4.58. The second kappa shape index (κ2) is 6.13. The molecule has 2 rings (SSSR count). The van der Waals surface area contributed by atoms with Crippen LogP contribution in [0.4, 0.5) is 11.4 Å². The number of nitrogens with one attached hydrogen (secondary N) is 1. The Hall–Kier alpha value is -2.08. The largest absolute Gasteiger partial charge is 0.387 e. The Kier molecular flexibility index (Phi) is 4.47. The molecule has 0 saturated heterocycles. The molecule has 0 aliphatic heterocycles. The lowest BCUT2D eigenvalue weighted by Crippen LogP contribution is -2.31. The van der Waals surface area contributed by atoms with Crippen LogP contribution in [0.15, 0.2) is 47.6 Å². The zero-order valence-corrected chi connectivity index (χ0v) is 13.2. The van der Waals surface area contributed by atoms with Crippen LogP contribution in [0.25, 0.3) is 0 Å². The number of hydrogen-bond acceptors (Lipinski definition) is 4. The molecule has 0 fully saturated rings. The third-order valence-corrected chi connectivity index (χ3v) is 5.21. The molecule has 0 aliphatic carbocycles. The van der Waals surface area contributed by atoms with Gasteiger partial charge in [-0.1, -0.05) is 18.2 Å². The van der Waals surface area contributed by atoms with Gasteiger partial charge in [-0.3, -0.25) is 9.29 Å². The minimum absolute atomic E-state index is 0.178. The average Bonchev–Trinajstić information content (AvgIpc) is 2.49. The van der Waals surface area contributed by atoms with Gasteiger partial charge in [-0.25, -0.2) is 8.42 Å². The molecule has 0 amide bonds. The summed E-state index contributed by atoms with van der Waals surface area (Å²) >= 11 is 0. The fourth-order valence-electron chi connectivity index (χ4n) is 2.22. The number of nitrogens with zero attached hydrogens (tertiary/aromatic N) is 2. The van der Waals surface area contributed by atoms with Crippen molar-refractivity contribution >= 4 is 21.4 Å². The van der Waals surface area contributed by atoms with Gasteiger partial charge in [0.15, 0.2) is 0 Å². The first-order valence-corrected chi connectivity index (χ1v) is 8.16. The maximum Gasteiger partial charge on any atom is 0.267 e. The molecular formula is C15H19N3O2S. The van der Waals surface area contributed by atoms with E-state index in [2.05, 4.69) is 10.3 Å². The van der Waals surface area contributed by atoms with E-state index in [1.54, 1.807) is 19.3 Å². The van der Waals surface area contributed by atoms with Gasteiger partial charge in [-0.2, -0.15) is 0 Å². The highest BCUT2D eigenvalue weighted by Crippen LogP contribution is 2.29. The van der Waals surface area contributed by atoms with Gasteiger partial charge in [0.1, 0.15) is 4.90 Å². The summed E-state index contributed by atoms with van der Waals surface area (Å²) in [5.41, 5.74) is 2.14. The van der Waals surface area contributed by atoms with Crippen LogP contribution in [0.2, 0.25) is 0 Å². The first kappa shape index (κ1) is 15.3. The van der Waals surface area contributed by atoms with Crippen LogP contribution < -0.4 is 9.62 Å². The number of rotatable bonds is 5. The van der Waals surface area contributed by atoms with Crippen LogP contribution >= 0.6 is 0 Å². The van der Waals surface area contributed by atoms with E-state index in [-0.39, 0.29) is 4.90 Å². The number of hydrogen-bond donors (Lipinski definition) is 1. The summed E-state index contributed by atoms with van der Waals surface area (Å²) in [6.07, 6.45) is 2.94. The maximum atomic E-state index is 12.9. The SMILES string of the molecule is CCN(c1ccccc1C)S(=O)(=O)c1cnccc1NC. The molecule has 0 spiro atoms. The topological polar surface area (TPSA) is 62.3 Å². The number of benzene rings is 1. The molecule has 0 saturated carbocycles. The van der Waals surface area contributed by atoms with Crippen LogP contribution in [0.1, 0.15) is 12.5 Å².